The van der Waals surface area contributed by atoms with Crippen molar-refractivity contribution in [3.8, 4) is 0 Å². The minimum absolute atomic E-state index is 0.00511. The second kappa shape index (κ2) is 13.4. The predicted molar refractivity (Wildman–Crippen MR) is 128 cm³/mol. The fraction of sp³-hybridized carbons (Fsp3) is 0.400. The van der Waals surface area contributed by atoms with Gasteiger partial charge in [0.05, 0.1) is 25.4 Å². The highest BCUT2D eigenvalue weighted by Gasteiger charge is 2.32. The van der Waals surface area contributed by atoms with Crippen LogP contribution in [-0.4, -0.2) is 47.1 Å². The number of amides is 1. The fourth-order valence-corrected chi connectivity index (χ4v) is 4.23. The van der Waals surface area contributed by atoms with Gasteiger partial charge in [-0.1, -0.05) is 61.2 Å². The number of nitrogens with one attached hydrogen (secondary N) is 1. The number of alkyl carbamates (subject to hydrolysis) is 1. The number of benzene rings is 2. The third-order valence-electron chi connectivity index (χ3n) is 5.18. The Morgan fingerprint density at radius 3 is 2.45 bits per heavy atom. The summed E-state index contributed by atoms with van der Waals surface area (Å²) in [6, 6.07) is 15.5. The highest BCUT2D eigenvalue weighted by atomic mass is 32.2. The molecule has 3 atom stereocenters. The molecule has 0 spiro atoms. The van der Waals surface area contributed by atoms with E-state index in [1.165, 1.54) is 6.08 Å². The van der Waals surface area contributed by atoms with Crippen molar-refractivity contribution in [1.29, 1.82) is 0 Å². The smallest absolute Gasteiger partial charge is 0.407 e. The average Bonchev–Trinajstić information content (AvgIpc) is 2.86. The van der Waals surface area contributed by atoms with E-state index in [4.69, 9.17) is 19.3 Å². The van der Waals surface area contributed by atoms with Crippen molar-refractivity contribution >= 4 is 17.9 Å². The summed E-state index contributed by atoms with van der Waals surface area (Å²) in [6.07, 6.45) is 1.04. The van der Waals surface area contributed by atoms with E-state index in [-0.39, 0.29) is 32.0 Å². The van der Waals surface area contributed by atoms with E-state index in [2.05, 4.69) is 11.9 Å². The molecule has 0 aromatic heterocycles. The van der Waals surface area contributed by atoms with Crippen LogP contribution in [0, 0.1) is 0 Å². The van der Waals surface area contributed by atoms with Crippen LogP contribution in [0.5, 0.6) is 0 Å². The largest absolute Gasteiger partial charge is 0.445 e. The van der Waals surface area contributed by atoms with Gasteiger partial charge in [0.1, 0.15) is 6.61 Å². The lowest BCUT2D eigenvalue weighted by molar-refractivity contribution is -0.245. The summed E-state index contributed by atoms with van der Waals surface area (Å²) in [5.74, 6) is 1.43. The number of aliphatic hydroxyl groups is 2. The molecule has 0 unspecified atom stereocenters. The highest BCUT2D eigenvalue weighted by molar-refractivity contribution is 7.99. The Kier molecular flexibility index (Phi) is 10.2. The molecule has 1 aliphatic heterocycles. The van der Waals surface area contributed by atoms with Crippen molar-refractivity contribution in [3.05, 3.63) is 83.4 Å². The van der Waals surface area contributed by atoms with Crippen LogP contribution >= 0.6 is 11.8 Å². The first-order chi connectivity index (χ1) is 16.1. The van der Waals surface area contributed by atoms with E-state index in [0.717, 1.165) is 28.0 Å². The molecule has 33 heavy (non-hydrogen) atoms. The molecule has 0 saturated carbocycles. The normalized spacial score (nSPS) is 20.2. The van der Waals surface area contributed by atoms with Crippen LogP contribution in [0.4, 0.5) is 4.79 Å². The monoisotopic (exact) mass is 473 g/mol. The van der Waals surface area contributed by atoms with Gasteiger partial charge in [-0.05, 0) is 16.7 Å². The number of thioether (sulfide) groups is 1. The van der Waals surface area contributed by atoms with Crippen LogP contribution in [0.15, 0.2) is 61.2 Å². The summed E-state index contributed by atoms with van der Waals surface area (Å²) in [5.41, 5.74) is 3.71. The molecular weight excluding hydrogens is 442 g/mol. The van der Waals surface area contributed by atoms with Gasteiger partial charge in [0.2, 0.25) is 0 Å². The Bertz CT molecular complexity index is 873. The van der Waals surface area contributed by atoms with Gasteiger partial charge in [-0.15, -0.1) is 0 Å². The molecule has 8 heteroatoms. The number of rotatable bonds is 11. The number of ether oxygens (including phenoxy) is 3. The fourth-order valence-electron chi connectivity index (χ4n) is 3.45. The Labute approximate surface area is 198 Å². The summed E-state index contributed by atoms with van der Waals surface area (Å²) in [7, 11) is 0. The van der Waals surface area contributed by atoms with Gasteiger partial charge in [-0.2, -0.15) is 11.8 Å². The van der Waals surface area contributed by atoms with Crippen molar-refractivity contribution in [2.24, 2.45) is 0 Å². The van der Waals surface area contributed by atoms with Crippen LogP contribution in [0.3, 0.4) is 0 Å². The third-order valence-corrected chi connectivity index (χ3v) is 6.25. The lowest BCUT2D eigenvalue weighted by Crippen LogP contribution is -2.31. The zero-order chi connectivity index (χ0) is 23.5. The van der Waals surface area contributed by atoms with Crippen LogP contribution in [0.2, 0.25) is 0 Å². The SMILES string of the molecule is C=CCOC(=O)NCc1ccc([C@@H]2O[C@H](CSCCO)C[C@H](c3ccc(CO)cc3)O2)cc1. The molecule has 2 aromatic carbocycles. The van der Waals surface area contributed by atoms with Gasteiger partial charge in [-0.25, -0.2) is 4.79 Å². The molecule has 0 radical (unpaired) electrons. The molecular formula is C25H31NO6S. The molecule has 1 aliphatic rings. The topological polar surface area (TPSA) is 97.3 Å². The van der Waals surface area contributed by atoms with Crippen molar-refractivity contribution in [1.82, 2.24) is 5.32 Å². The summed E-state index contributed by atoms with van der Waals surface area (Å²) in [6.45, 7) is 4.18. The average molecular weight is 474 g/mol. The first-order valence-corrected chi connectivity index (χ1v) is 12.1. The molecule has 7 nitrogen and oxygen atoms in total. The number of hydrogen-bond donors (Lipinski definition) is 3. The zero-order valence-electron chi connectivity index (χ0n) is 18.5. The van der Waals surface area contributed by atoms with Crippen LogP contribution in [-0.2, 0) is 27.4 Å². The Morgan fingerprint density at radius 2 is 1.79 bits per heavy atom. The Balaban J connectivity index is 1.67. The molecule has 3 N–H and O–H groups in total. The number of aliphatic hydroxyl groups excluding tert-OH is 2. The van der Waals surface area contributed by atoms with Crippen LogP contribution < -0.4 is 5.32 Å². The Morgan fingerprint density at radius 1 is 1.09 bits per heavy atom. The van der Waals surface area contributed by atoms with Gasteiger partial charge >= 0.3 is 6.09 Å². The quantitative estimate of drug-likeness (QED) is 0.337. The molecule has 3 rings (SSSR count). The second-order valence-electron chi connectivity index (χ2n) is 7.63. The van der Waals surface area contributed by atoms with Crippen molar-refractivity contribution in [3.63, 3.8) is 0 Å². The maximum atomic E-state index is 11.6. The van der Waals surface area contributed by atoms with Gasteiger partial charge in [0.25, 0.3) is 0 Å². The number of hydrogen-bond acceptors (Lipinski definition) is 7. The van der Waals surface area contributed by atoms with Crippen molar-refractivity contribution in [2.45, 2.75) is 38.1 Å². The van der Waals surface area contributed by atoms with Gasteiger partial charge < -0.3 is 29.7 Å². The maximum Gasteiger partial charge on any atom is 0.407 e. The van der Waals surface area contributed by atoms with E-state index in [1.54, 1.807) is 11.8 Å². The predicted octanol–water partition coefficient (Wildman–Crippen LogP) is 3.86. The summed E-state index contributed by atoms with van der Waals surface area (Å²) < 4.78 is 17.5. The molecule has 1 saturated heterocycles. The highest BCUT2D eigenvalue weighted by Crippen LogP contribution is 2.38. The van der Waals surface area contributed by atoms with E-state index in [0.29, 0.717) is 18.7 Å². The molecule has 1 amide bonds. The van der Waals surface area contributed by atoms with Crippen molar-refractivity contribution in [2.75, 3.05) is 24.7 Å². The molecule has 2 aromatic rings. The molecule has 0 bridgehead atoms. The molecule has 178 valence electrons. The Hall–Kier alpha value is -2.36. The minimum atomic E-state index is -0.527. The van der Waals surface area contributed by atoms with E-state index < -0.39 is 12.4 Å². The van der Waals surface area contributed by atoms with Crippen LogP contribution in [0.25, 0.3) is 0 Å². The van der Waals surface area contributed by atoms with Crippen molar-refractivity contribution < 1.29 is 29.2 Å². The standard InChI is InChI=1S/C25H31NO6S/c1-2-12-30-25(29)26-15-18-3-9-21(10-4-18)24-31-22(17-33-13-11-27)14-23(32-24)20-7-5-19(16-28)6-8-20/h2-10,22-24,27-28H,1,11-17H2,(H,26,29)/t22-,23+,24+/m0/s1. The first kappa shape index (κ1) is 25.3. The van der Waals surface area contributed by atoms with E-state index in [1.807, 2.05) is 48.5 Å². The zero-order valence-corrected chi connectivity index (χ0v) is 19.3. The molecule has 1 heterocycles. The van der Waals surface area contributed by atoms with Gasteiger partial charge in [-0.3, -0.25) is 0 Å². The van der Waals surface area contributed by atoms with Gasteiger partial charge in [0, 0.05) is 30.0 Å². The third kappa shape index (κ3) is 7.87. The summed E-state index contributed by atoms with van der Waals surface area (Å²) >= 11 is 1.66. The minimum Gasteiger partial charge on any atom is -0.445 e. The number of carbonyl (C=O) groups excluding carboxylic acids is 1. The summed E-state index contributed by atoms with van der Waals surface area (Å²) in [4.78, 5) is 11.6. The molecule has 0 aliphatic carbocycles. The van der Waals surface area contributed by atoms with E-state index in [9.17, 15) is 9.90 Å². The summed E-state index contributed by atoms with van der Waals surface area (Å²) in [5, 5.41) is 21.1. The molecule has 1 fully saturated rings. The maximum absolute atomic E-state index is 11.6. The van der Waals surface area contributed by atoms with Crippen LogP contribution in [0.1, 0.15) is 41.1 Å². The second-order valence-corrected chi connectivity index (χ2v) is 8.78. The lowest BCUT2D eigenvalue weighted by Gasteiger charge is -2.36. The number of carbonyl (C=O) groups is 1. The van der Waals surface area contributed by atoms with Gasteiger partial charge in [0.15, 0.2) is 6.29 Å². The lowest BCUT2D eigenvalue weighted by atomic mass is 10.0. The van der Waals surface area contributed by atoms with E-state index >= 15 is 0 Å². The first-order valence-electron chi connectivity index (χ1n) is 10.9.